The van der Waals surface area contributed by atoms with Gasteiger partial charge in [-0.2, -0.15) is 0 Å². The van der Waals surface area contributed by atoms with Crippen LogP contribution >= 0.6 is 0 Å². The molecule has 138 valence electrons. The van der Waals surface area contributed by atoms with Crippen molar-refractivity contribution in [3.8, 4) is 17.1 Å². The molecule has 0 saturated carbocycles. The zero-order valence-corrected chi connectivity index (χ0v) is 16.3. The van der Waals surface area contributed by atoms with E-state index in [2.05, 4.69) is 70.6 Å². The minimum Gasteiger partial charge on any atom is -0.439 e. The topological polar surface area (TPSA) is 69.6 Å². The highest BCUT2D eigenvalue weighted by Gasteiger charge is 2.21. The lowest BCUT2D eigenvalue weighted by molar-refractivity contribution is 0.560. The van der Waals surface area contributed by atoms with Crippen molar-refractivity contribution < 1.29 is 4.42 Å². The van der Waals surface area contributed by atoms with Crippen LogP contribution in [0.1, 0.15) is 56.5 Å². The van der Waals surface area contributed by atoms with Crippen LogP contribution in [-0.2, 0) is 0 Å². The first-order valence-corrected chi connectivity index (χ1v) is 9.22. The van der Waals surface area contributed by atoms with Crippen LogP contribution in [-0.4, -0.2) is 24.7 Å². The van der Waals surface area contributed by atoms with Gasteiger partial charge < -0.3 is 4.42 Å². The van der Waals surface area contributed by atoms with Gasteiger partial charge in [0.2, 0.25) is 0 Å². The van der Waals surface area contributed by atoms with E-state index in [0.29, 0.717) is 23.3 Å². The van der Waals surface area contributed by atoms with Crippen molar-refractivity contribution >= 4 is 11.1 Å². The molecule has 0 fully saturated rings. The number of oxazole rings is 1. The number of aryl methyl sites for hydroxylation is 1. The summed E-state index contributed by atoms with van der Waals surface area (Å²) >= 11 is 0. The van der Waals surface area contributed by atoms with Gasteiger partial charge in [-0.15, -0.1) is 10.2 Å². The van der Waals surface area contributed by atoms with E-state index in [4.69, 9.17) is 4.42 Å². The van der Waals surface area contributed by atoms with Crippen LogP contribution in [0.2, 0.25) is 0 Å². The molecule has 4 aromatic rings. The summed E-state index contributed by atoms with van der Waals surface area (Å²) in [7, 11) is 0. The van der Waals surface area contributed by atoms with Crippen LogP contribution in [0.15, 0.2) is 41.3 Å². The average Bonchev–Trinajstić information content (AvgIpc) is 3.25. The summed E-state index contributed by atoms with van der Waals surface area (Å²) in [6, 6.07) is 6.48. The van der Waals surface area contributed by atoms with Gasteiger partial charge in [0, 0.05) is 13.1 Å². The van der Waals surface area contributed by atoms with Gasteiger partial charge in [-0.05, 0) is 23.0 Å². The molecule has 1 aromatic carbocycles. The highest BCUT2D eigenvalue weighted by molar-refractivity contribution is 5.88. The highest BCUT2D eigenvalue weighted by Crippen LogP contribution is 2.34. The molecular formula is C21H23N5O. The first-order chi connectivity index (χ1) is 13.0. The third-order valence-corrected chi connectivity index (χ3v) is 4.78. The minimum absolute atomic E-state index is 0.372. The van der Waals surface area contributed by atoms with Crippen LogP contribution in [0, 0.1) is 6.92 Å². The molecule has 0 unspecified atom stereocenters. The molecule has 0 amide bonds. The molecule has 0 bridgehead atoms. The SMILES string of the molecule is Cc1nc2c(-c3nncn3-c3c(C(C)C)cccc3C(C)C)cncc2o1. The number of hydrogen-bond acceptors (Lipinski definition) is 5. The smallest absolute Gasteiger partial charge is 0.192 e. The molecule has 0 saturated heterocycles. The molecule has 0 aliphatic rings. The Morgan fingerprint density at radius 3 is 2.37 bits per heavy atom. The number of aromatic nitrogens is 5. The highest BCUT2D eigenvalue weighted by atomic mass is 16.3. The summed E-state index contributed by atoms with van der Waals surface area (Å²) in [4.78, 5) is 8.85. The lowest BCUT2D eigenvalue weighted by Crippen LogP contribution is -2.08. The molecular weight excluding hydrogens is 338 g/mol. The summed E-state index contributed by atoms with van der Waals surface area (Å²) in [5.74, 6) is 2.07. The van der Waals surface area contributed by atoms with Gasteiger partial charge in [0.15, 0.2) is 17.3 Å². The number of pyridine rings is 1. The number of hydrogen-bond donors (Lipinski definition) is 0. The van der Waals surface area contributed by atoms with E-state index < -0.39 is 0 Å². The predicted molar refractivity (Wildman–Crippen MR) is 105 cm³/mol. The van der Waals surface area contributed by atoms with Gasteiger partial charge in [-0.25, -0.2) is 4.98 Å². The Morgan fingerprint density at radius 1 is 1.00 bits per heavy atom. The van der Waals surface area contributed by atoms with Crippen LogP contribution in [0.3, 0.4) is 0 Å². The molecule has 0 spiro atoms. The minimum atomic E-state index is 0.372. The largest absolute Gasteiger partial charge is 0.439 e. The summed E-state index contributed by atoms with van der Waals surface area (Å²) in [6.45, 7) is 10.7. The van der Waals surface area contributed by atoms with Crippen molar-refractivity contribution in [2.24, 2.45) is 0 Å². The van der Waals surface area contributed by atoms with Crippen LogP contribution in [0.25, 0.3) is 28.2 Å². The molecule has 4 rings (SSSR count). The molecule has 3 aromatic heterocycles. The molecule has 0 aliphatic heterocycles. The standard InChI is InChI=1S/C21H23N5O/c1-12(2)15-7-6-8-16(13(3)4)20(15)26-11-23-25-21(26)17-9-22-10-18-19(17)24-14(5)27-18/h6-13H,1-5H3. The van der Waals surface area contributed by atoms with Gasteiger partial charge in [-0.3, -0.25) is 9.55 Å². The van der Waals surface area contributed by atoms with Crippen molar-refractivity contribution in [2.45, 2.75) is 46.5 Å². The molecule has 0 aliphatic carbocycles. The maximum absolute atomic E-state index is 5.65. The van der Waals surface area contributed by atoms with Gasteiger partial charge in [0.05, 0.1) is 17.4 Å². The van der Waals surface area contributed by atoms with E-state index in [-0.39, 0.29) is 0 Å². The molecule has 6 nitrogen and oxygen atoms in total. The normalized spacial score (nSPS) is 11.8. The summed E-state index contributed by atoms with van der Waals surface area (Å²) in [5.41, 5.74) is 5.89. The fourth-order valence-corrected chi connectivity index (χ4v) is 3.50. The van der Waals surface area contributed by atoms with Crippen molar-refractivity contribution in [2.75, 3.05) is 0 Å². The Bertz CT molecular complexity index is 1080. The number of rotatable bonds is 4. The quantitative estimate of drug-likeness (QED) is 0.510. The maximum atomic E-state index is 5.65. The fraction of sp³-hybridized carbons (Fsp3) is 0.333. The van der Waals surface area contributed by atoms with E-state index in [1.54, 1.807) is 18.7 Å². The third-order valence-electron chi connectivity index (χ3n) is 4.78. The fourth-order valence-electron chi connectivity index (χ4n) is 3.50. The molecule has 27 heavy (non-hydrogen) atoms. The van der Waals surface area contributed by atoms with Gasteiger partial charge in [0.1, 0.15) is 11.8 Å². The number of nitrogens with zero attached hydrogens (tertiary/aromatic N) is 5. The van der Waals surface area contributed by atoms with Crippen LogP contribution in [0.5, 0.6) is 0 Å². The van der Waals surface area contributed by atoms with Crippen molar-refractivity contribution in [1.29, 1.82) is 0 Å². The van der Waals surface area contributed by atoms with E-state index >= 15 is 0 Å². The summed E-state index contributed by atoms with van der Waals surface area (Å²) < 4.78 is 7.71. The van der Waals surface area contributed by atoms with E-state index in [1.165, 1.54) is 11.1 Å². The van der Waals surface area contributed by atoms with Crippen LogP contribution in [0.4, 0.5) is 0 Å². The zero-order chi connectivity index (χ0) is 19.1. The molecule has 0 atom stereocenters. The lowest BCUT2D eigenvalue weighted by Gasteiger charge is -2.21. The Kier molecular flexibility index (Phi) is 4.26. The number of para-hydroxylation sites is 1. The van der Waals surface area contributed by atoms with E-state index in [9.17, 15) is 0 Å². The van der Waals surface area contributed by atoms with Crippen molar-refractivity contribution in [3.63, 3.8) is 0 Å². The van der Waals surface area contributed by atoms with E-state index in [0.717, 1.165) is 22.6 Å². The first kappa shape index (κ1) is 17.4. The van der Waals surface area contributed by atoms with Crippen molar-refractivity contribution in [1.82, 2.24) is 24.7 Å². The molecule has 0 N–H and O–H groups in total. The summed E-state index contributed by atoms with van der Waals surface area (Å²) in [5, 5.41) is 8.63. The number of fused-ring (bicyclic) bond motifs is 1. The molecule has 0 radical (unpaired) electrons. The Balaban J connectivity index is 2.01. The summed E-state index contributed by atoms with van der Waals surface area (Å²) in [6.07, 6.45) is 5.23. The maximum Gasteiger partial charge on any atom is 0.192 e. The third kappa shape index (κ3) is 2.91. The second-order valence-corrected chi connectivity index (χ2v) is 7.39. The second-order valence-electron chi connectivity index (χ2n) is 7.39. The number of benzene rings is 1. The second kappa shape index (κ2) is 6.61. The van der Waals surface area contributed by atoms with Crippen molar-refractivity contribution in [3.05, 3.63) is 53.9 Å². The molecule has 3 heterocycles. The van der Waals surface area contributed by atoms with Gasteiger partial charge in [-0.1, -0.05) is 45.9 Å². The Labute approximate surface area is 158 Å². The Morgan fingerprint density at radius 2 is 1.70 bits per heavy atom. The Hall–Kier alpha value is -3.02. The lowest BCUT2D eigenvalue weighted by atomic mass is 9.92. The first-order valence-electron chi connectivity index (χ1n) is 9.22. The van der Waals surface area contributed by atoms with E-state index in [1.807, 2.05) is 6.92 Å². The average molecular weight is 361 g/mol. The van der Waals surface area contributed by atoms with Gasteiger partial charge >= 0.3 is 0 Å². The monoisotopic (exact) mass is 361 g/mol. The van der Waals surface area contributed by atoms with Gasteiger partial charge in [0.25, 0.3) is 0 Å². The van der Waals surface area contributed by atoms with Crippen LogP contribution < -0.4 is 0 Å². The predicted octanol–water partition coefficient (Wildman–Crippen LogP) is 5.03. The molecule has 6 heteroatoms. The zero-order valence-electron chi connectivity index (χ0n) is 16.3.